The SMILES string of the molecule is CC(=O)C[C@]1(C)CCCCCC/C=C/CCC[C@@](C)(C(=O)N[C@@H](C)C(=O)NC(C)(C)C(=O)NC(C)C(=O)N[C@@H](C)C(=O)C(=O)[C@H](C)NC[C@H](C)C(N)=O)NC(=O)[C@H](CC(C)C)CN[C@@H](CCC(N)=O)C(=O)C(=O)C(C)NC(=O)[C@H](Cc2c[nH]c3ccccc23)NC(=O)C(Cc2ccc(O)cc2)NC(=O)[C@H](CCC(=O)O)NC1=O. The summed E-state index contributed by atoms with van der Waals surface area (Å²) in [6, 6.07) is -0.332. The summed E-state index contributed by atoms with van der Waals surface area (Å²) < 4.78 is 0. The number of H-pyrrole nitrogens is 1. The lowest BCUT2D eigenvalue weighted by molar-refractivity contribution is -0.140. The molecule has 113 heavy (non-hydrogen) atoms. The Morgan fingerprint density at radius 2 is 1.21 bits per heavy atom. The maximum atomic E-state index is 15.0. The Morgan fingerprint density at radius 3 is 1.83 bits per heavy atom. The first-order valence-corrected chi connectivity index (χ1v) is 38.6. The summed E-state index contributed by atoms with van der Waals surface area (Å²) >= 11 is 0. The summed E-state index contributed by atoms with van der Waals surface area (Å²) in [4.78, 5) is 237. The molecule has 4 rings (SSSR count). The number of para-hydroxylation sites is 1. The van der Waals surface area contributed by atoms with Gasteiger partial charge in [-0.25, -0.2) is 0 Å². The van der Waals surface area contributed by atoms with Crippen LogP contribution in [-0.4, -0.2) is 194 Å². The first-order chi connectivity index (χ1) is 52.9. The van der Waals surface area contributed by atoms with Crippen molar-refractivity contribution in [3.8, 4) is 5.75 Å². The van der Waals surface area contributed by atoms with Crippen molar-refractivity contribution in [1.29, 1.82) is 0 Å². The molecule has 3 aromatic rings. The van der Waals surface area contributed by atoms with Gasteiger partial charge in [0, 0.05) is 68.2 Å². The fraction of sp³-hybridized carbons (Fsp3) is 0.588. The van der Waals surface area contributed by atoms with Crippen molar-refractivity contribution in [3.63, 3.8) is 0 Å². The number of fused-ring (bicyclic) bond motifs is 1. The number of hydrogen-bond acceptors (Lipinski definition) is 20. The van der Waals surface area contributed by atoms with Gasteiger partial charge in [-0.2, -0.15) is 0 Å². The molecule has 2 heterocycles. The number of primary amides is 2. The van der Waals surface area contributed by atoms with Gasteiger partial charge in [-0.05, 0) is 155 Å². The third-order valence-corrected chi connectivity index (χ3v) is 20.0. The highest BCUT2D eigenvalue weighted by Gasteiger charge is 2.43. The van der Waals surface area contributed by atoms with Crippen molar-refractivity contribution in [2.45, 2.75) is 265 Å². The van der Waals surface area contributed by atoms with Gasteiger partial charge in [0.05, 0.1) is 35.5 Å². The minimum Gasteiger partial charge on any atom is -0.508 e. The van der Waals surface area contributed by atoms with E-state index in [0.29, 0.717) is 60.6 Å². The summed E-state index contributed by atoms with van der Waals surface area (Å²) in [5, 5.41) is 50.0. The Balaban J connectivity index is 1.72. The smallest absolute Gasteiger partial charge is 0.303 e. The number of ketones is 5. The Morgan fingerprint density at radius 1 is 0.628 bits per heavy atom. The maximum absolute atomic E-state index is 15.0. The van der Waals surface area contributed by atoms with Crippen LogP contribution < -0.4 is 70.0 Å². The van der Waals surface area contributed by atoms with Crippen LogP contribution in [0.3, 0.4) is 0 Å². The molecule has 33 nitrogen and oxygen atoms in total. The zero-order chi connectivity index (χ0) is 84.8. The number of Topliss-reactive ketones (excluding diaryl/α,β-unsaturated/α-hetero) is 5. The molecule has 11 amide bonds. The normalized spacial score (nSPS) is 23.2. The molecule has 1 aliphatic heterocycles. The van der Waals surface area contributed by atoms with E-state index in [0.717, 1.165) is 0 Å². The molecule has 0 spiro atoms. The number of carboxylic acid groups (broad SMARTS) is 1. The number of aromatic hydroxyl groups is 1. The first kappa shape index (κ1) is 94.8. The van der Waals surface area contributed by atoms with Gasteiger partial charge in [0.25, 0.3) is 0 Å². The number of nitrogens with two attached hydrogens (primary N) is 2. The largest absolute Gasteiger partial charge is 0.508 e. The summed E-state index contributed by atoms with van der Waals surface area (Å²) in [6.07, 6.45) is 6.79. The number of benzene rings is 2. The Kier molecular flexibility index (Phi) is 37.4. The summed E-state index contributed by atoms with van der Waals surface area (Å²) in [5.41, 5.74) is 7.49. The van der Waals surface area contributed by atoms with E-state index in [1.165, 1.54) is 93.5 Å². The number of carboxylic acids is 1. The van der Waals surface area contributed by atoms with Crippen LogP contribution in [0.5, 0.6) is 5.75 Å². The zero-order valence-corrected chi connectivity index (χ0v) is 67.2. The maximum Gasteiger partial charge on any atom is 0.303 e. The highest BCUT2D eigenvalue weighted by atomic mass is 16.4. The van der Waals surface area contributed by atoms with Crippen molar-refractivity contribution in [2.75, 3.05) is 13.1 Å². The van der Waals surface area contributed by atoms with Crippen LogP contribution in [0, 0.1) is 23.2 Å². The summed E-state index contributed by atoms with van der Waals surface area (Å²) in [6.45, 7) is 18.4. The minimum atomic E-state index is -1.79. The number of phenols is 1. The molecule has 3 unspecified atom stereocenters. The van der Waals surface area contributed by atoms with Gasteiger partial charge in [0.1, 0.15) is 52.8 Å². The Labute approximate surface area is 659 Å². The molecular formula is C80H118N14O19. The van der Waals surface area contributed by atoms with Gasteiger partial charge < -0.3 is 85.1 Å². The summed E-state index contributed by atoms with van der Waals surface area (Å²) in [7, 11) is 0. The van der Waals surface area contributed by atoms with Gasteiger partial charge in [0.15, 0.2) is 0 Å². The lowest BCUT2D eigenvalue weighted by Crippen LogP contribution is -2.64. The standard InChI is InChI=1S/C80H118N14O19/c1-44(2)37-54-43-85-58(31-33-62(81)97)67(103)66(102)49(7)87-73(109)61(39-53-42-84-57-26-22-21-25-56(53)57)91-74(110)60(38-52-27-29-55(96)30-28-52)90-72(108)59(32-34-63(98)99)92-76(112)79(12,40-46(4)95)35-23-19-17-15-14-16-18-20-24-36-80(13,94-71(54)107)77(113)89-51(9)70(106)93-78(10,11)75(111)88-50(8)69(105)86-48(6)65(101)64(100)47(5)83-41-45(3)68(82)104/h16,18,21-22,25-30,42,44-45,47-51,54,58-61,83-85,96H,14-15,17,19-20,23-24,31-41,43H2,1-13H3,(H2,81,97)(H2,82,104)(H,86,105)(H,87,109)(H,88,111)(H,89,113)(H,90,108)(H,91,110)(H,92,112)(H,93,106)(H,94,107)(H,98,99)/b18-16+/t45-,47-,48-,49?,50?,51-,54+,58-,59-,60?,61-,79-,80-/m0/s1. The topological polar surface area (TPSA) is 531 Å². The molecule has 0 bridgehead atoms. The van der Waals surface area contributed by atoms with Crippen molar-refractivity contribution in [1.82, 2.24) is 63.5 Å². The zero-order valence-electron chi connectivity index (χ0n) is 67.2. The van der Waals surface area contributed by atoms with Crippen molar-refractivity contribution < 1.29 is 91.7 Å². The number of aromatic nitrogens is 1. The van der Waals surface area contributed by atoms with E-state index in [2.05, 4.69) is 63.5 Å². The molecule has 33 heteroatoms. The number of aliphatic carboxylic acids is 1. The van der Waals surface area contributed by atoms with E-state index in [-0.39, 0.29) is 81.9 Å². The van der Waals surface area contributed by atoms with Gasteiger partial charge in [0.2, 0.25) is 88.1 Å². The Bertz CT molecular complexity index is 3950. The number of rotatable bonds is 29. The second kappa shape index (κ2) is 44.6. The Hall–Kier alpha value is -10.6. The van der Waals surface area contributed by atoms with Crippen LogP contribution >= 0.6 is 0 Å². The van der Waals surface area contributed by atoms with Crippen molar-refractivity contribution in [2.24, 2.45) is 34.6 Å². The lowest BCUT2D eigenvalue weighted by Gasteiger charge is -2.34. The molecule has 0 fully saturated rings. The van der Waals surface area contributed by atoms with Gasteiger partial charge in [-0.1, -0.05) is 89.4 Å². The fourth-order valence-electron chi connectivity index (χ4n) is 12.8. The molecule has 0 aliphatic carbocycles. The second-order valence-corrected chi connectivity index (χ2v) is 31.2. The monoisotopic (exact) mass is 1580 g/mol. The van der Waals surface area contributed by atoms with Crippen molar-refractivity contribution in [3.05, 3.63) is 78.0 Å². The van der Waals surface area contributed by atoms with Crippen LogP contribution in [0.15, 0.2) is 66.9 Å². The van der Waals surface area contributed by atoms with E-state index in [1.807, 2.05) is 26.0 Å². The van der Waals surface area contributed by atoms with Crippen molar-refractivity contribution >= 4 is 111 Å². The van der Waals surface area contributed by atoms with Crippen LogP contribution in [0.25, 0.3) is 10.9 Å². The second-order valence-electron chi connectivity index (χ2n) is 31.2. The number of carbonyl (C=O) groups is 17. The quantitative estimate of drug-likeness (QED) is 0.0349. The van der Waals surface area contributed by atoms with Gasteiger partial charge in [-0.15, -0.1) is 0 Å². The minimum absolute atomic E-state index is 0.0132. The number of allylic oxidation sites excluding steroid dienone is 2. The predicted octanol–water partition coefficient (Wildman–Crippen LogP) is 2.09. The van der Waals surface area contributed by atoms with Gasteiger partial charge in [-0.3, -0.25) is 81.5 Å². The highest BCUT2D eigenvalue weighted by molar-refractivity contribution is 6.41. The molecule has 0 saturated heterocycles. The molecule has 0 saturated carbocycles. The predicted molar refractivity (Wildman–Crippen MR) is 419 cm³/mol. The number of aromatic amines is 1. The molecule has 2 aromatic carbocycles. The number of nitrogens with one attached hydrogen (secondary N) is 12. The molecule has 18 N–H and O–H groups in total. The lowest BCUT2D eigenvalue weighted by atomic mass is 9.79. The molecule has 13 atom stereocenters. The number of amides is 11. The van der Waals surface area contributed by atoms with E-state index in [9.17, 15) is 91.7 Å². The van der Waals surface area contributed by atoms with E-state index in [4.69, 9.17) is 11.5 Å². The number of phenolic OH excluding ortho intramolecular Hbond substituents is 1. The van der Waals surface area contributed by atoms with Crippen LogP contribution in [-0.2, 0) is 94.3 Å². The highest BCUT2D eigenvalue weighted by Crippen LogP contribution is 2.31. The number of hydrogen-bond donors (Lipinski definition) is 16. The summed E-state index contributed by atoms with van der Waals surface area (Å²) in [5.74, 6) is -17.1. The molecular weight excluding hydrogens is 1460 g/mol. The van der Waals surface area contributed by atoms with Crippen LogP contribution in [0.1, 0.15) is 197 Å². The van der Waals surface area contributed by atoms with Gasteiger partial charge >= 0.3 is 5.97 Å². The molecule has 1 aliphatic rings. The third-order valence-electron chi connectivity index (χ3n) is 20.0. The van der Waals surface area contributed by atoms with E-state index in [1.54, 1.807) is 37.4 Å². The van der Waals surface area contributed by atoms with Crippen LogP contribution in [0.2, 0.25) is 0 Å². The average Bonchev–Trinajstić information content (AvgIpc) is 1.75. The third kappa shape index (κ3) is 30.8. The average molecular weight is 1580 g/mol. The van der Waals surface area contributed by atoms with E-state index < -0.39 is 196 Å². The molecule has 622 valence electrons. The fourth-order valence-corrected chi connectivity index (χ4v) is 12.8. The van der Waals surface area contributed by atoms with E-state index >= 15 is 0 Å². The molecule has 1 aromatic heterocycles. The number of carbonyl (C=O) groups excluding carboxylic acids is 16. The molecule has 0 radical (unpaired) electrons. The van der Waals surface area contributed by atoms with Crippen LogP contribution in [0.4, 0.5) is 0 Å². The first-order valence-electron chi connectivity index (χ1n) is 38.6.